The van der Waals surface area contributed by atoms with Crippen molar-refractivity contribution >= 4 is 11.5 Å². The number of nitrogens with two attached hydrogens (primary N) is 1. The van der Waals surface area contributed by atoms with Gasteiger partial charge in [0.25, 0.3) is 0 Å². The summed E-state index contributed by atoms with van der Waals surface area (Å²) in [7, 11) is 0. The SMILES string of the molecule is CC1(C)OC[C@@H](Cn2cc(N)c([N+](=O)[O-])n2)O1. The zero-order valence-corrected chi connectivity index (χ0v) is 9.62. The molecule has 2 rings (SSSR count). The molecule has 17 heavy (non-hydrogen) atoms. The fourth-order valence-electron chi connectivity index (χ4n) is 1.72. The van der Waals surface area contributed by atoms with Crippen LogP contribution in [0.2, 0.25) is 0 Å². The molecular formula is C9H14N4O4. The summed E-state index contributed by atoms with van der Waals surface area (Å²) in [6.45, 7) is 4.43. The summed E-state index contributed by atoms with van der Waals surface area (Å²) in [4.78, 5) is 9.96. The van der Waals surface area contributed by atoms with Crippen molar-refractivity contribution in [1.29, 1.82) is 0 Å². The summed E-state index contributed by atoms with van der Waals surface area (Å²) in [5.74, 6) is -0.946. The van der Waals surface area contributed by atoms with Crippen LogP contribution < -0.4 is 5.73 Å². The highest BCUT2D eigenvalue weighted by Crippen LogP contribution is 2.24. The van der Waals surface area contributed by atoms with Crippen LogP contribution in [0, 0.1) is 10.1 Å². The van der Waals surface area contributed by atoms with E-state index in [1.807, 2.05) is 13.8 Å². The van der Waals surface area contributed by atoms with E-state index < -0.39 is 10.7 Å². The predicted molar refractivity (Wildman–Crippen MR) is 58.2 cm³/mol. The second-order valence-corrected chi connectivity index (χ2v) is 4.34. The van der Waals surface area contributed by atoms with Gasteiger partial charge in [0, 0.05) is 0 Å². The highest BCUT2D eigenvalue weighted by molar-refractivity contribution is 5.51. The molecule has 1 atom stereocenters. The molecule has 1 aromatic rings. The van der Waals surface area contributed by atoms with Crippen LogP contribution in [0.15, 0.2) is 6.20 Å². The zero-order chi connectivity index (χ0) is 12.6. The predicted octanol–water partition coefficient (Wildman–Crippen LogP) is 0.525. The van der Waals surface area contributed by atoms with Crippen LogP contribution in [-0.2, 0) is 16.0 Å². The van der Waals surface area contributed by atoms with Crippen molar-refractivity contribution in [3.63, 3.8) is 0 Å². The zero-order valence-electron chi connectivity index (χ0n) is 9.62. The fraction of sp³-hybridized carbons (Fsp3) is 0.667. The van der Waals surface area contributed by atoms with Crippen molar-refractivity contribution in [2.24, 2.45) is 0 Å². The molecule has 8 heteroatoms. The number of aromatic nitrogens is 2. The lowest BCUT2D eigenvalue weighted by atomic mass is 10.4. The molecular weight excluding hydrogens is 228 g/mol. The number of nitrogens with zero attached hydrogens (tertiary/aromatic N) is 3. The smallest absolute Gasteiger partial charge is 0.390 e. The van der Waals surface area contributed by atoms with Crippen LogP contribution in [0.5, 0.6) is 0 Å². The monoisotopic (exact) mass is 242 g/mol. The van der Waals surface area contributed by atoms with Crippen molar-refractivity contribution in [2.75, 3.05) is 12.3 Å². The number of nitrogen functional groups attached to an aromatic ring is 1. The summed E-state index contributed by atoms with van der Waals surface area (Å²) in [5, 5.41) is 14.3. The first-order chi connectivity index (χ1) is 7.87. The molecule has 1 saturated heterocycles. The largest absolute Gasteiger partial charge is 0.412 e. The molecule has 0 bridgehead atoms. The van der Waals surface area contributed by atoms with E-state index >= 15 is 0 Å². The average molecular weight is 242 g/mol. The van der Waals surface area contributed by atoms with Gasteiger partial charge in [-0.15, -0.1) is 0 Å². The number of hydrogen-bond acceptors (Lipinski definition) is 6. The Morgan fingerprint density at radius 1 is 1.76 bits per heavy atom. The Morgan fingerprint density at radius 2 is 2.47 bits per heavy atom. The lowest BCUT2D eigenvalue weighted by Crippen LogP contribution is -2.24. The van der Waals surface area contributed by atoms with E-state index in [-0.39, 0.29) is 17.6 Å². The van der Waals surface area contributed by atoms with Crippen LogP contribution in [0.1, 0.15) is 13.8 Å². The van der Waals surface area contributed by atoms with Crippen LogP contribution in [0.25, 0.3) is 0 Å². The highest BCUT2D eigenvalue weighted by atomic mass is 16.7. The Hall–Kier alpha value is -1.67. The lowest BCUT2D eigenvalue weighted by Gasteiger charge is -2.16. The normalized spacial score (nSPS) is 22.8. The van der Waals surface area contributed by atoms with Crippen molar-refractivity contribution in [3.8, 4) is 0 Å². The maximum atomic E-state index is 10.6. The van der Waals surface area contributed by atoms with Gasteiger partial charge in [0.15, 0.2) is 11.5 Å². The molecule has 0 radical (unpaired) electrons. The minimum absolute atomic E-state index is 0.0492. The third-order valence-electron chi connectivity index (χ3n) is 2.40. The molecule has 8 nitrogen and oxygen atoms in total. The van der Waals surface area contributed by atoms with Crippen LogP contribution in [-0.4, -0.2) is 33.2 Å². The number of nitro groups is 1. The maximum Gasteiger partial charge on any atom is 0.412 e. The van der Waals surface area contributed by atoms with Crippen LogP contribution >= 0.6 is 0 Å². The van der Waals surface area contributed by atoms with Gasteiger partial charge < -0.3 is 25.3 Å². The number of anilines is 1. The summed E-state index contributed by atoms with van der Waals surface area (Å²) in [6.07, 6.45) is 1.25. The molecule has 1 aliphatic rings. The van der Waals surface area contributed by atoms with Gasteiger partial charge in [0.2, 0.25) is 0 Å². The lowest BCUT2D eigenvalue weighted by molar-refractivity contribution is -0.388. The van der Waals surface area contributed by atoms with Crippen molar-refractivity contribution in [3.05, 3.63) is 16.3 Å². The van der Waals surface area contributed by atoms with Crippen LogP contribution in [0.3, 0.4) is 0 Å². The summed E-state index contributed by atoms with van der Waals surface area (Å²) < 4.78 is 12.4. The van der Waals surface area contributed by atoms with E-state index in [1.54, 1.807) is 0 Å². The van der Waals surface area contributed by atoms with E-state index in [4.69, 9.17) is 15.2 Å². The molecule has 0 saturated carbocycles. The van der Waals surface area contributed by atoms with E-state index in [2.05, 4.69) is 5.10 Å². The molecule has 1 aromatic heterocycles. The molecule has 0 spiro atoms. The van der Waals surface area contributed by atoms with E-state index in [0.717, 1.165) is 0 Å². The van der Waals surface area contributed by atoms with Gasteiger partial charge in [-0.1, -0.05) is 0 Å². The first kappa shape index (κ1) is 11.8. The second kappa shape index (κ2) is 3.97. The molecule has 2 N–H and O–H groups in total. The Labute approximate surface area is 97.4 Å². The second-order valence-electron chi connectivity index (χ2n) is 4.34. The standard InChI is InChI=1S/C9H14N4O4/c1-9(2)16-5-6(17-9)3-12-4-7(10)8(11-12)13(14)15/h4,6H,3,5,10H2,1-2H3/t6-/m1/s1. The first-order valence-electron chi connectivity index (χ1n) is 5.16. The Morgan fingerprint density at radius 3 is 2.94 bits per heavy atom. The molecule has 94 valence electrons. The minimum Gasteiger partial charge on any atom is -0.390 e. The molecule has 2 heterocycles. The van der Waals surface area contributed by atoms with E-state index in [0.29, 0.717) is 13.2 Å². The maximum absolute atomic E-state index is 10.6. The van der Waals surface area contributed by atoms with Crippen LogP contribution in [0.4, 0.5) is 11.5 Å². The minimum atomic E-state index is -0.616. The van der Waals surface area contributed by atoms with Gasteiger partial charge in [-0.05, 0) is 18.8 Å². The summed E-state index contributed by atoms with van der Waals surface area (Å²) >= 11 is 0. The topological polar surface area (TPSA) is 105 Å². The quantitative estimate of drug-likeness (QED) is 0.612. The van der Waals surface area contributed by atoms with E-state index in [9.17, 15) is 10.1 Å². The van der Waals surface area contributed by atoms with E-state index in [1.165, 1.54) is 10.9 Å². The molecule has 1 aliphatic heterocycles. The number of rotatable bonds is 3. The van der Waals surface area contributed by atoms with Gasteiger partial charge in [0.05, 0.1) is 24.4 Å². The molecule has 0 unspecified atom stereocenters. The van der Waals surface area contributed by atoms with Gasteiger partial charge in [-0.2, -0.15) is 4.68 Å². The third-order valence-corrected chi connectivity index (χ3v) is 2.40. The first-order valence-corrected chi connectivity index (χ1v) is 5.16. The Kier molecular flexibility index (Phi) is 2.76. The summed E-state index contributed by atoms with van der Waals surface area (Å²) in [5.41, 5.74) is 5.52. The van der Waals surface area contributed by atoms with Gasteiger partial charge in [0.1, 0.15) is 6.10 Å². The van der Waals surface area contributed by atoms with Crippen molar-refractivity contribution < 1.29 is 14.4 Å². The Bertz CT molecular complexity index is 442. The fourth-order valence-corrected chi connectivity index (χ4v) is 1.72. The van der Waals surface area contributed by atoms with Gasteiger partial charge in [-0.25, -0.2) is 0 Å². The molecule has 0 amide bonds. The third kappa shape index (κ3) is 2.53. The van der Waals surface area contributed by atoms with Gasteiger partial charge >= 0.3 is 5.82 Å². The number of hydrogen-bond donors (Lipinski definition) is 1. The average Bonchev–Trinajstić information content (AvgIpc) is 2.70. The van der Waals surface area contributed by atoms with Gasteiger partial charge in [-0.3, -0.25) is 0 Å². The molecule has 0 aromatic carbocycles. The molecule has 0 aliphatic carbocycles. The molecule has 1 fully saturated rings. The van der Waals surface area contributed by atoms with Crippen molar-refractivity contribution in [2.45, 2.75) is 32.3 Å². The highest BCUT2D eigenvalue weighted by Gasteiger charge is 2.34. The Balaban J connectivity index is 2.05. The number of ether oxygens (including phenoxy) is 2. The summed E-state index contributed by atoms with van der Waals surface area (Å²) in [6, 6.07) is 0. The van der Waals surface area contributed by atoms with Crippen molar-refractivity contribution in [1.82, 2.24) is 9.78 Å².